The van der Waals surface area contributed by atoms with E-state index in [1.54, 1.807) is 18.2 Å². The Labute approximate surface area is 143 Å². The van der Waals surface area contributed by atoms with E-state index in [0.717, 1.165) is 23.2 Å². The number of nitrogens with one attached hydrogen (secondary N) is 1. The highest BCUT2D eigenvalue weighted by Crippen LogP contribution is 2.51. The number of carboxylic acids is 1. The molecule has 24 heavy (non-hydrogen) atoms. The molecule has 122 valence electrons. The van der Waals surface area contributed by atoms with E-state index < -0.39 is 5.97 Å². The van der Waals surface area contributed by atoms with E-state index in [4.69, 9.17) is 11.6 Å². The third-order valence-corrected chi connectivity index (χ3v) is 5.19. The Morgan fingerprint density at radius 3 is 2.71 bits per heavy atom. The molecule has 2 aromatic carbocycles. The summed E-state index contributed by atoms with van der Waals surface area (Å²) < 4.78 is 13.2. The first-order valence-electron chi connectivity index (χ1n) is 7.80. The summed E-state index contributed by atoms with van der Waals surface area (Å²) in [4.78, 5) is 11.3. The highest BCUT2D eigenvalue weighted by Gasteiger charge is 2.39. The van der Waals surface area contributed by atoms with Gasteiger partial charge in [-0.3, -0.25) is 0 Å². The monoisotopic (exact) mass is 343 g/mol. The lowest BCUT2D eigenvalue weighted by atomic mass is 9.76. The fourth-order valence-corrected chi connectivity index (χ4v) is 4.06. The van der Waals surface area contributed by atoms with Crippen LogP contribution < -0.4 is 5.32 Å². The fourth-order valence-electron chi connectivity index (χ4n) is 3.78. The molecule has 0 radical (unpaired) electrons. The van der Waals surface area contributed by atoms with Gasteiger partial charge in [0.05, 0.1) is 22.3 Å². The summed E-state index contributed by atoms with van der Waals surface area (Å²) in [5, 5.41) is 13.1. The van der Waals surface area contributed by atoms with Gasteiger partial charge in [0, 0.05) is 5.92 Å². The van der Waals surface area contributed by atoms with E-state index in [1.165, 1.54) is 18.2 Å². The molecule has 5 heteroatoms. The van der Waals surface area contributed by atoms with Gasteiger partial charge < -0.3 is 10.4 Å². The van der Waals surface area contributed by atoms with Crippen molar-refractivity contribution in [2.24, 2.45) is 5.92 Å². The Hall–Kier alpha value is -2.33. The van der Waals surface area contributed by atoms with E-state index in [-0.39, 0.29) is 29.3 Å². The zero-order valence-corrected chi connectivity index (χ0v) is 13.4. The topological polar surface area (TPSA) is 49.3 Å². The third-order valence-electron chi connectivity index (χ3n) is 4.90. The third kappa shape index (κ3) is 2.38. The van der Waals surface area contributed by atoms with Crippen LogP contribution in [0.1, 0.15) is 39.9 Å². The van der Waals surface area contributed by atoms with E-state index in [1.807, 2.05) is 0 Å². The van der Waals surface area contributed by atoms with Gasteiger partial charge >= 0.3 is 5.97 Å². The molecule has 1 heterocycles. The maximum absolute atomic E-state index is 13.2. The Balaban J connectivity index is 1.82. The van der Waals surface area contributed by atoms with Crippen molar-refractivity contribution in [2.75, 3.05) is 5.32 Å². The first kappa shape index (κ1) is 15.2. The predicted molar refractivity (Wildman–Crippen MR) is 91.2 cm³/mol. The Kier molecular flexibility index (Phi) is 3.57. The van der Waals surface area contributed by atoms with Gasteiger partial charge in [-0.05, 0) is 47.7 Å². The highest BCUT2D eigenvalue weighted by molar-refractivity contribution is 6.33. The van der Waals surface area contributed by atoms with Crippen LogP contribution in [0.25, 0.3) is 0 Å². The molecule has 2 aromatic rings. The van der Waals surface area contributed by atoms with Crippen molar-refractivity contribution in [1.82, 2.24) is 0 Å². The Bertz CT molecular complexity index is 847. The summed E-state index contributed by atoms with van der Waals surface area (Å²) in [5.74, 6) is -0.893. The van der Waals surface area contributed by atoms with E-state index >= 15 is 0 Å². The summed E-state index contributed by atoms with van der Waals surface area (Å²) in [6.45, 7) is 0. The van der Waals surface area contributed by atoms with Crippen LogP contribution in [0, 0.1) is 11.7 Å². The van der Waals surface area contributed by atoms with Gasteiger partial charge in [-0.25, -0.2) is 9.18 Å². The highest BCUT2D eigenvalue weighted by atomic mass is 35.5. The second kappa shape index (κ2) is 5.64. The molecule has 3 atom stereocenters. The van der Waals surface area contributed by atoms with Crippen LogP contribution in [0.15, 0.2) is 48.6 Å². The molecule has 0 spiro atoms. The first-order chi connectivity index (χ1) is 11.5. The number of benzene rings is 2. The lowest BCUT2D eigenvalue weighted by molar-refractivity contribution is 0.0696. The van der Waals surface area contributed by atoms with Crippen molar-refractivity contribution in [2.45, 2.75) is 18.4 Å². The molecule has 0 amide bonds. The van der Waals surface area contributed by atoms with E-state index in [9.17, 15) is 14.3 Å². The quantitative estimate of drug-likeness (QED) is 0.754. The number of hydrogen-bond donors (Lipinski definition) is 2. The Morgan fingerprint density at radius 1 is 1.25 bits per heavy atom. The van der Waals surface area contributed by atoms with Crippen LogP contribution in [0.4, 0.5) is 10.1 Å². The average molecular weight is 344 g/mol. The maximum Gasteiger partial charge on any atom is 0.335 e. The van der Waals surface area contributed by atoms with Crippen molar-refractivity contribution >= 4 is 23.3 Å². The maximum atomic E-state index is 13.2. The molecular formula is C19H15ClFNO2. The largest absolute Gasteiger partial charge is 0.478 e. The minimum absolute atomic E-state index is 0.00581. The number of rotatable bonds is 2. The van der Waals surface area contributed by atoms with Crippen molar-refractivity contribution in [3.8, 4) is 0 Å². The molecule has 4 rings (SSSR count). The molecule has 3 nitrogen and oxygen atoms in total. The molecular weight excluding hydrogens is 329 g/mol. The van der Waals surface area contributed by atoms with Crippen molar-refractivity contribution in [3.05, 3.63) is 76.1 Å². The van der Waals surface area contributed by atoms with Crippen molar-refractivity contribution in [3.63, 3.8) is 0 Å². The molecule has 0 fully saturated rings. The normalized spacial score (nSPS) is 24.2. The standard InChI is InChI=1S/C19H15ClFNO2/c20-16-9-11(19(23)24)8-15-13-2-1-3-14(13)17(22-18(15)16)10-4-6-12(21)7-5-10/h1-2,4-9,13-14,17,22H,3H2,(H,23,24)/t13-,14+,17+/m1/s1. The SMILES string of the molecule is O=C(O)c1cc(Cl)c2c(c1)[C@@H]1C=CC[C@@H]1[C@H](c1ccc(F)cc1)N2. The molecule has 2 N–H and O–H groups in total. The molecule has 0 unspecified atom stereocenters. The van der Waals surface area contributed by atoms with Gasteiger partial charge in [-0.1, -0.05) is 35.9 Å². The second-order valence-electron chi connectivity index (χ2n) is 6.25. The van der Waals surface area contributed by atoms with Gasteiger partial charge in [-0.2, -0.15) is 0 Å². The molecule has 0 aromatic heterocycles. The summed E-state index contributed by atoms with van der Waals surface area (Å²) >= 11 is 6.35. The number of anilines is 1. The van der Waals surface area contributed by atoms with Gasteiger partial charge in [0.1, 0.15) is 5.82 Å². The minimum Gasteiger partial charge on any atom is -0.478 e. The van der Waals surface area contributed by atoms with Crippen LogP contribution in [0.2, 0.25) is 5.02 Å². The summed E-state index contributed by atoms with van der Waals surface area (Å²) in [7, 11) is 0. The number of hydrogen-bond acceptors (Lipinski definition) is 2. The van der Waals surface area contributed by atoms with Crippen LogP contribution in [0.5, 0.6) is 0 Å². The number of carboxylic acid groups (broad SMARTS) is 1. The Morgan fingerprint density at radius 2 is 2.00 bits per heavy atom. The zero-order chi connectivity index (χ0) is 16.8. The molecule has 1 aliphatic heterocycles. The number of allylic oxidation sites excluding steroid dienone is 2. The fraction of sp³-hybridized carbons (Fsp3) is 0.211. The summed E-state index contributed by atoms with van der Waals surface area (Å²) in [6, 6.07) is 9.66. The summed E-state index contributed by atoms with van der Waals surface area (Å²) in [6.07, 6.45) is 5.11. The minimum atomic E-state index is -0.987. The lowest BCUT2D eigenvalue weighted by Gasteiger charge is -2.38. The molecule has 1 aliphatic carbocycles. The van der Waals surface area contributed by atoms with Crippen LogP contribution in [-0.2, 0) is 0 Å². The average Bonchev–Trinajstić information content (AvgIpc) is 3.05. The number of fused-ring (bicyclic) bond motifs is 3. The summed E-state index contributed by atoms with van der Waals surface area (Å²) in [5.41, 5.74) is 2.87. The molecule has 0 saturated carbocycles. The van der Waals surface area contributed by atoms with Crippen molar-refractivity contribution in [1.29, 1.82) is 0 Å². The number of carbonyl (C=O) groups is 1. The zero-order valence-electron chi connectivity index (χ0n) is 12.7. The van der Waals surface area contributed by atoms with Crippen LogP contribution in [-0.4, -0.2) is 11.1 Å². The predicted octanol–water partition coefficient (Wildman–Crippen LogP) is 5.00. The van der Waals surface area contributed by atoms with Gasteiger partial charge in [0.15, 0.2) is 0 Å². The number of halogens is 2. The van der Waals surface area contributed by atoms with Gasteiger partial charge in [0.2, 0.25) is 0 Å². The van der Waals surface area contributed by atoms with E-state index in [2.05, 4.69) is 17.5 Å². The molecule has 0 saturated heterocycles. The molecule has 2 aliphatic rings. The molecule has 0 bridgehead atoms. The first-order valence-corrected chi connectivity index (χ1v) is 8.18. The van der Waals surface area contributed by atoms with Gasteiger partial charge in [0.25, 0.3) is 0 Å². The van der Waals surface area contributed by atoms with Gasteiger partial charge in [-0.15, -0.1) is 0 Å². The van der Waals surface area contributed by atoms with Crippen LogP contribution in [0.3, 0.4) is 0 Å². The van der Waals surface area contributed by atoms with Crippen molar-refractivity contribution < 1.29 is 14.3 Å². The van der Waals surface area contributed by atoms with E-state index in [0.29, 0.717) is 5.02 Å². The smallest absolute Gasteiger partial charge is 0.335 e. The van der Waals surface area contributed by atoms with Crippen LogP contribution >= 0.6 is 11.6 Å². The number of aromatic carboxylic acids is 1. The second-order valence-corrected chi connectivity index (χ2v) is 6.66. The lowest BCUT2D eigenvalue weighted by Crippen LogP contribution is -2.29.